The molecule has 1 unspecified atom stereocenters. The molecule has 5 heteroatoms. The summed E-state index contributed by atoms with van der Waals surface area (Å²) >= 11 is 0. The third-order valence-corrected chi connectivity index (χ3v) is 3.97. The van der Waals surface area contributed by atoms with Gasteiger partial charge in [-0.2, -0.15) is 5.10 Å². The van der Waals surface area contributed by atoms with E-state index in [4.69, 9.17) is 0 Å². The zero-order valence-corrected chi connectivity index (χ0v) is 11.2. The van der Waals surface area contributed by atoms with Gasteiger partial charge in [-0.15, -0.1) is 0 Å². The quantitative estimate of drug-likeness (QED) is 0.689. The SMILES string of the molecule is O=C1CC(c2ccc(F)cc2)Cc2nc3ccnn3cc21. The maximum atomic E-state index is 13.0. The first-order chi connectivity index (χ1) is 10.2. The largest absolute Gasteiger partial charge is 0.294 e. The van der Waals surface area contributed by atoms with Gasteiger partial charge >= 0.3 is 0 Å². The number of nitrogens with zero attached hydrogens (tertiary/aromatic N) is 3. The first-order valence-electron chi connectivity index (χ1n) is 6.82. The second-order valence-electron chi connectivity index (χ2n) is 5.32. The molecule has 0 saturated heterocycles. The summed E-state index contributed by atoms with van der Waals surface area (Å²) < 4.78 is 14.6. The lowest BCUT2D eigenvalue weighted by atomic mass is 9.82. The molecular weight excluding hydrogens is 269 g/mol. The molecule has 0 spiro atoms. The Kier molecular flexibility index (Phi) is 2.60. The van der Waals surface area contributed by atoms with E-state index in [-0.39, 0.29) is 17.5 Å². The molecule has 4 rings (SSSR count). The summed E-state index contributed by atoms with van der Waals surface area (Å²) in [6, 6.07) is 8.17. The Morgan fingerprint density at radius 2 is 1.95 bits per heavy atom. The van der Waals surface area contributed by atoms with E-state index < -0.39 is 0 Å². The zero-order chi connectivity index (χ0) is 14.4. The molecule has 3 aromatic rings. The Labute approximate surface area is 120 Å². The van der Waals surface area contributed by atoms with Crippen LogP contribution in [0, 0.1) is 5.82 Å². The number of Topliss-reactive ketones (excluding diaryl/α,β-unsaturated/α-hetero) is 1. The number of rotatable bonds is 1. The van der Waals surface area contributed by atoms with Crippen molar-refractivity contribution in [1.82, 2.24) is 14.6 Å². The van der Waals surface area contributed by atoms with Crippen LogP contribution in [-0.4, -0.2) is 20.4 Å². The van der Waals surface area contributed by atoms with Crippen molar-refractivity contribution in [3.63, 3.8) is 0 Å². The van der Waals surface area contributed by atoms with Crippen molar-refractivity contribution < 1.29 is 9.18 Å². The smallest absolute Gasteiger partial charge is 0.166 e. The molecule has 1 aromatic carbocycles. The summed E-state index contributed by atoms with van der Waals surface area (Å²) in [5.74, 6) is -0.140. The van der Waals surface area contributed by atoms with Gasteiger partial charge in [0.15, 0.2) is 11.4 Å². The van der Waals surface area contributed by atoms with Gasteiger partial charge in [-0.05, 0) is 30.0 Å². The van der Waals surface area contributed by atoms with Gasteiger partial charge in [0.25, 0.3) is 0 Å². The van der Waals surface area contributed by atoms with Crippen LogP contribution in [0.1, 0.15) is 34.0 Å². The van der Waals surface area contributed by atoms with Crippen molar-refractivity contribution in [2.45, 2.75) is 18.8 Å². The lowest BCUT2D eigenvalue weighted by molar-refractivity contribution is 0.0962. The fourth-order valence-electron chi connectivity index (χ4n) is 2.89. The maximum absolute atomic E-state index is 13.0. The van der Waals surface area contributed by atoms with Crippen LogP contribution in [-0.2, 0) is 6.42 Å². The topological polar surface area (TPSA) is 47.3 Å². The normalized spacial score (nSPS) is 18.0. The van der Waals surface area contributed by atoms with Crippen molar-refractivity contribution in [2.24, 2.45) is 0 Å². The summed E-state index contributed by atoms with van der Waals surface area (Å²) in [5.41, 5.74) is 3.16. The first-order valence-corrected chi connectivity index (χ1v) is 6.82. The molecule has 1 aliphatic rings. The minimum atomic E-state index is -0.264. The highest BCUT2D eigenvalue weighted by molar-refractivity contribution is 5.98. The van der Waals surface area contributed by atoms with Crippen LogP contribution in [0.25, 0.3) is 5.65 Å². The lowest BCUT2D eigenvalue weighted by Gasteiger charge is -2.23. The van der Waals surface area contributed by atoms with E-state index in [0.717, 1.165) is 16.9 Å². The predicted molar refractivity (Wildman–Crippen MR) is 74.8 cm³/mol. The Morgan fingerprint density at radius 1 is 1.14 bits per heavy atom. The minimum absolute atomic E-state index is 0.0588. The molecule has 2 aromatic heterocycles. The minimum Gasteiger partial charge on any atom is -0.294 e. The van der Waals surface area contributed by atoms with Gasteiger partial charge in [0.2, 0.25) is 0 Å². The van der Waals surface area contributed by atoms with E-state index in [9.17, 15) is 9.18 Å². The molecule has 2 heterocycles. The van der Waals surface area contributed by atoms with Crippen LogP contribution in [0.2, 0.25) is 0 Å². The second kappa shape index (κ2) is 4.48. The third-order valence-electron chi connectivity index (χ3n) is 3.97. The Morgan fingerprint density at radius 3 is 2.76 bits per heavy atom. The Balaban J connectivity index is 1.76. The summed E-state index contributed by atoms with van der Waals surface area (Å²) in [6.45, 7) is 0. The van der Waals surface area contributed by atoms with E-state index in [1.54, 1.807) is 29.0 Å². The van der Waals surface area contributed by atoms with Crippen LogP contribution >= 0.6 is 0 Å². The number of hydrogen-bond donors (Lipinski definition) is 0. The monoisotopic (exact) mass is 281 g/mol. The predicted octanol–water partition coefficient (Wildman–Crippen LogP) is 2.78. The maximum Gasteiger partial charge on any atom is 0.166 e. The number of benzene rings is 1. The summed E-state index contributed by atoms with van der Waals surface area (Å²) in [5, 5.41) is 4.11. The van der Waals surface area contributed by atoms with Gasteiger partial charge in [0.05, 0.1) is 17.5 Å². The number of aromatic nitrogens is 3. The molecule has 21 heavy (non-hydrogen) atoms. The van der Waals surface area contributed by atoms with E-state index in [1.807, 2.05) is 6.07 Å². The molecule has 0 amide bonds. The average Bonchev–Trinajstić information content (AvgIpc) is 2.93. The summed E-state index contributed by atoms with van der Waals surface area (Å²) in [7, 11) is 0. The number of hydrogen-bond acceptors (Lipinski definition) is 3. The number of halogens is 1. The molecule has 0 bridgehead atoms. The number of ketones is 1. The fraction of sp³-hybridized carbons (Fsp3) is 0.188. The van der Waals surface area contributed by atoms with Crippen LogP contribution < -0.4 is 0 Å². The van der Waals surface area contributed by atoms with E-state index >= 15 is 0 Å². The summed E-state index contributed by atoms with van der Waals surface area (Å²) in [4.78, 5) is 16.9. The highest BCUT2D eigenvalue weighted by Gasteiger charge is 2.28. The van der Waals surface area contributed by atoms with Gasteiger partial charge in [0.1, 0.15) is 5.82 Å². The molecule has 1 atom stereocenters. The molecular formula is C16H12FN3O. The molecule has 0 fully saturated rings. The zero-order valence-electron chi connectivity index (χ0n) is 11.2. The van der Waals surface area contributed by atoms with E-state index in [0.29, 0.717) is 18.4 Å². The van der Waals surface area contributed by atoms with Gasteiger partial charge in [-0.1, -0.05) is 12.1 Å². The number of fused-ring (bicyclic) bond motifs is 2. The Hall–Kier alpha value is -2.56. The van der Waals surface area contributed by atoms with Gasteiger partial charge in [-0.3, -0.25) is 4.79 Å². The van der Waals surface area contributed by atoms with Crippen LogP contribution in [0.5, 0.6) is 0 Å². The van der Waals surface area contributed by atoms with Crippen LogP contribution in [0.3, 0.4) is 0 Å². The molecule has 0 radical (unpaired) electrons. The highest BCUT2D eigenvalue weighted by Crippen LogP contribution is 2.32. The van der Waals surface area contributed by atoms with Crippen molar-refractivity contribution in [1.29, 1.82) is 0 Å². The molecule has 0 aliphatic heterocycles. The second-order valence-corrected chi connectivity index (χ2v) is 5.32. The van der Waals surface area contributed by atoms with Gasteiger partial charge in [0, 0.05) is 18.7 Å². The van der Waals surface area contributed by atoms with E-state index in [2.05, 4.69) is 10.1 Å². The molecule has 4 nitrogen and oxygen atoms in total. The van der Waals surface area contributed by atoms with Crippen molar-refractivity contribution in [2.75, 3.05) is 0 Å². The molecule has 1 aliphatic carbocycles. The van der Waals surface area contributed by atoms with E-state index in [1.165, 1.54) is 12.1 Å². The summed E-state index contributed by atoms with van der Waals surface area (Å²) in [6.07, 6.45) is 4.53. The molecule has 104 valence electrons. The van der Waals surface area contributed by atoms with Gasteiger partial charge in [-0.25, -0.2) is 13.9 Å². The number of carbonyl (C=O) groups is 1. The van der Waals surface area contributed by atoms with Crippen LogP contribution in [0.15, 0.2) is 42.7 Å². The average molecular weight is 281 g/mol. The fourth-order valence-corrected chi connectivity index (χ4v) is 2.89. The van der Waals surface area contributed by atoms with Crippen molar-refractivity contribution in [3.8, 4) is 0 Å². The molecule has 0 saturated carbocycles. The standard InChI is InChI=1S/C16H12FN3O/c17-12-3-1-10(2-4-12)11-7-14-13(15(21)8-11)9-20-16(19-14)5-6-18-20/h1-6,9,11H,7-8H2. The lowest BCUT2D eigenvalue weighted by Crippen LogP contribution is -2.21. The molecule has 0 N–H and O–H groups in total. The van der Waals surface area contributed by atoms with Crippen molar-refractivity contribution >= 4 is 11.4 Å². The van der Waals surface area contributed by atoms with Crippen LogP contribution in [0.4, 0.5) is 4.39 Å². The number of carbonyl (C=O) groups excluding carboxylic acids is 1. The third kappa shape index (κ3) is 2.01. The van der Waals surface area contributed by atoms with Gasteiger partial charge < -0.3 is 0 Å². The first kappa shape index (κ1) is 12.2. The Bertz CT molecular complexity index is 838. The van der Waals surface area contributed by atoms with Crippen molar-refractivity contribution in [3.05, 3.63) is 65.4 Å². The highest BCUT2D eigenvalue weighted by atomic mass is 19.1.